The van der Waals surface area contributed by atoms with Gasteiger partial charge in [-0.1, -0.05) is 0 Å². The third-order valence-electron chi connectivity index (χ3n) is 3.48. The van der Waals surface area contributed by atoms with Gasteiger partial charge >= 0.3 is 0 Å². The van der Waals surface area contributed by atoms with Crippen LogP contribution < -0.4 is 5.73 Å². The second kappa shape index (κ2) is 6.62. The molecule has 1 atom stereocenters. The fourth-order valence-electron chi connectivity index (χ4n) is 2.28. The summed E-state index contributed by atoms with van der Waals surface area (Å²) in [4.78, 5) is 4.24. The summed E-state index contributed by atoms with van der Waals surface area (Å²) in [6, 6.07) is 3.20. The van der Waals surface area contributed by atoms with Crippen LogP contribution in [-0.2, 0) is 21.3 Å². The minimum absolute atomic E-state index is 0.203. The highest BCUT2D eigenvalue weighted by atomic mass is 32.2. The molecule has 0 spiro atoms. The Morgan fingerprint density at radius 2 is 2.30 bits per heavy atom. The summed E-state index contributed by atoms with van der Waals surface area (Å²) in [6.45, 7) is 2.18. The third-order valence-corrected chi connectivity index (χ3v) is 5.29. The zero-order chi connectivity index (χ0) is 14.6. The van der Waals surface area contributed by atoms with Crippen molar-refractivity contribution in [3.05, 3.63) is 24.0 Å². The van der Waals surface area contributed by atoms with Crippen molar-refractivity contribution in [2.75, 3.05) is 26.8 Å². The molecule has 1 aromatic rings. The largest absolute Gasteiger partial charge is 0.381 e. The second-order valence-electron chi connectivity index (χ2n) is 5.06. The van der Waals surface area contributed by atoms with Crippen molar-refractivity contribution in [1.29, 1.82) is 0 Å². The van der Waals surface area contributed by atoms with Gasteiger partial charge in [-0.2, -0.15) is 0 Å². The van der Waals surface area contributed by atoms with Crippen molar-refractivity contribution < 1.29 is 13.2 Å². The fourth-order valence-corrected chi connectivity index (χ4v) is 3.47. The van der Waals surface area contributed by atoms with Gasteiger partial charge in [0.2, 0.25) is 10.0 Å². The summed E-state index contributed by atoms with van der Waals surface area (Å²) >= 11 is 0. The van der Waals surface area contributed by atoms with E-state index in [1.807, 2.05) is 0 Å². The monoisotopic (exact) mass is 299 g/mol. The molecule has 2 N–H and O–H groups in total. The molecular weight excluding hydrogens is 278 g/mol. The van der Waals surface area contributed by atoms with Crippen LogP contribution in [0, 0.1) is 5.92 Å². The number of nitrogens with zero attached hydrogens (tertiary/aromatic N) is 2. The van der Waals surface area contributed by atoms with Crippen LogP contribution in [0.3, 0.4) is 0 Å². The van der Waals surface area contributed by atoms with E-state index in [1.54, 1.807) is 19.2 Å². The van der Waals surface area contributed by atoms with E-state index in [4.69, 9.17) is 10.5 Å². The summed E-state index contributed by atoms with van der Waals surface area (Å²) in [5.41, 5.74) is 6.13. The molecule has 0 saturated carbocycles. The number of pyridine rings is 1. The SMILES string of the molecule is CN(CC1CCCOC1)S(=O)(=O)c1ccc(CN)nc1. The number of ether oxygens (including phenoxy) is 1. The van der Waals surface area contributed by atoms with Gasteiger partial charge in [-0.05, 0) is 30.9 Å². The molecule has 0 bridgehead atoms. The van der Waals surface area contributed by atoms with Gasteiger partial charge in [-0.3, -0.25) is 4.98 Å². The van der Waals surface area contributed by atoms with E-state index in [2.05, 4.69) is 4.98 Å². The average Bonchev–Trinajstić information content (AvgIpc) is 2.48. The number of aromatic nitrogens is 1. The van der Waals surface area contributed by atoms with Crippen LogP contribution in [0.2, 0.25) is 0 Å². The standard InChI is InChI=1S/C13H21N3O3S/c1-16(9-11-3-2-6-19-10-11)20(17,18)13-5-4-12(7-14)15-8-13/h4-5,8,11H,2-3,6-7,9-10,14H2,1H3. The van der Waals surface area contributed by atoms with E-state index in [0.29, 0.717) is 25.4 Å². The van der Waals surface area contributed by atoms with Crippen LogP contribution >= 0.6 is 0 Å². The summed E-state index contributed by atoms with van der Waals surface area (Å²) in [5.74, 6) is 0.264. The Bertz CT molecular complexity index is 524. The van der Waals surface area contributed by atoms with Crippen molar-refractivity contribution >= 4 is 10.0 Å². The van der Waals surface area contributed by atoms with Crippen molar-refractivity contribution in [2.24, 2.45) is 11.7 Å². The Morgan fingerprint density at radius 1 is 1.50 bits per heavy atom. The number of sulfonamides is 1. The molecule has 1 aromatic heterocycles. The molecule has 7 heteroatoms. The fraction of sp³-hybridized carbons (Fsp3) is 0.615. The van der Waals surface area contributed by atoms with Crippen LogP contribution in [0.5, 0.6) is 0 Å². The van der Waals surface area contributed by atoms with Crippen molar-refractivity contribution in [3.63, 3.8) is 0 Å². The molecule has 0 aliphatic carbocycles. The Morgan fingerprint density at radius 3 is 2.85 bits per heavy atom. The first-order valence-electron chi connectivity index (χ1n) is 6.73. The van der Waals surface area contributed by atoms with Gasteiger partial charge in [0.05, 0.1) is 12.3 Å². The predicted molar refractivity (Wildman–Crippen MR) is 75.5 cm³/mol. The smallest absolute Gasteiger partial charge is 0.244 e. The molecule has 1 saturated heterocycles. The molecule has 2 heterocycles. The quantitative estimate of drug-likeness (QED) is 0.860. The highest BCUT2D eigenvalue weighted by Crippen LogP contribution is 2.19. The molecule has 0 amide bonds. The van der Waals surface area contributed by atoms with Gasteiger partial charge < -0.3 is 10.5 Å². The Balaban J connectivity index is 2.07. The number of hydrogen-bond donors (Lipinski definition) is 1. The molecule has 1 fully saturated rings. The van der Waals surface area contributed by atoms with Gasteiger partial charge in [0.25, 0.3) is 0 Å². The predicted octanol–water partition coefficient (Wildman–Crippen LogP) is 0.587. The van der Waals surface area contributed by atoms with E-state index >= 15 is 0 Å². The van der Waals surface area contributed by atoms with E-state index in [-0.39, 0.29) is 10.8 Å². The molecule has 1 aliphatic heterocycles. The molecule has 112 valence electrons. The molecular formula is C13H21N3O3S. The molecule has 20 heavy (non-hydrogen) atoms. The topological polar surface area (TPSA) is 85.5 Å². The minimum atomic E-state index is -3.49. The maximum Gasteiger partial charge on any atom is 0.244 e. The lowest BCUT2D eigenvalue weighted by Crippen LogP contribution is -2.35. The van der Waals surface area contributed by atoms with Crippen LogP contribution in [0.25, 0.3) is 0 Å². The van der Waals surface area contributed by atoms with Crippen LogP contribution in [0.15, 0.2) is 23.2 Å². The molecule has 1 aliphatic rings. The van der Waals surface area contributed by atoms with Gasteiger partial charge in [0, 0.05) is 32.9 Å². The number of rotatable bonds is 5. The number of nitrogens with two attached hydrogens (primary N) is 1. The van der Waals surface area contributed by atoms with Crippen LogP contribution in [-0.4, -0.2) is 44.5 Å². The first kappa shape index (κ1) is 15.4. The van der Waals surface area contributed by atoms with Crippen molar-refractivity contribution in [3.8, 4) is 0 Å². The minimum Gasteiger partial charge on any atom is -0.381 e. The highest BCUT2D eigenvalue weighted by Gasteiger charge is 2.25. The molecule has 0 aromatic carbocycles. The van der Waals surface area contributed by atoms with Gasteiger partial charge in [-0.15, -0.1) is 0 Å². The summed E-state index contributed by atoms with van der Waals surface area (Å²) in [7, 11) is -1.89. The Kier molecular flexibility index (Phi) is 5.09. The highest BCUT2D eigenvalue weighted by molar-refractivity contribution is 7.89. The summed E-state index contributed by atoms with van der Waals surface area (Å²) < 4.78 is 31.6. The lowest BCUT2D eigenvalue weighted by atomic mass is 10.0. The second-order valence-corrected chi connectivity index (χ2v) is 7.10. The zero-order valence-electron chi connectivity index (χ0n) is 11.7. The van der Waals surface area contributed by atoms with Gasteiger partial charge in [0.1, 0.15) is 4.90 Å². The lowest BCUT2D eigenvalue weighted by Gasteiger charge is -2.26. The van der Waals surface area contributed by atoms with Crippen LogP contribution in [0.4, 0.5) is 0 Å². The van der Waals surface area contributed by atoms with E-state index in [0.717, 1.165) is 19.4 Å². The van der Waals surface area contributed by atoms with Gasteiger partial charge in [0.15, 0.2) is 0 Å². The lowest BCUT2D eigenvalue weighted by molar-refractivity contribution is 0.0495. The third kappa shape index (κ3) is 3.54. The molecule has 2 rings (SSSR count). The maximum atomic E-state index is 12.4. The first-order chi connectivity index (χ1) is 9.54. The maximum absolute atomic E-state index is 12.4. The Hall–Kier alpha value is -1.02. The van der Waals surface area contributed by atoms with Gasteiger partial charge in [-0.25, -0.2) is 12.7 Å². The first-order valence-corrected chi connectivity index (χ1v) is 8.17. The normalized spacial score (nSPS) is 20.2. The van der Waals surface area contributed by atoms with Crippen LogP contribution in [0.1, 0.15) is 18.5 Å². The molecule has 1 unspecified atom stereocenters. The van der Waals surface area contributed by atoms with E-state index in [1.165, 1.54) is 10.5 Å². The van der Waals surface area contributed by atoms with E-state index < -0.39 is 10.0 Å². The van der Waals surface area contributed by atoms with Crippen molar-refractivity contribution in [1.82, 2.24) is 9.29 Å². The summed E-state index contributed by atoms with van der Waals surface area (Å²) in [6.07, 6.45) is 3.36. The average molecular weight is 299 g/mol. The zero-order valence-corrected chi connectivity index (χ0v) is 12.5. The van der Waals surface area contributed by atoms with E-state index in [9.17, 15) is 8.42 Å². The number of hydrogen-bond acceptors (Lipinski definition) is 5. The molecule has 0 radical (unpaired) electrons. The molecule has 6 nitrogen and oxygen atoms in total. The Labute approximate surface area is 120 Å². The van der Waals surface area contributed by atoms with Crippen molar-refractivity contribution in [2.45, 2.75) is 24.3 Å². The summed E-state index contributed by atoms with van der Waals surface area (Å²) in [5, 5.41) is 0.